The van der Waals surface area contributed by atoms with Gasteiger partial charge in [-0.2, -0.15) is 0 Å². The molecule has 3 rings (SSSR count). The zero-order valence-corrected chi connectivity index (χ0v) is 27.4. The highest BCUT2D eigenvalue weighted by Gasteiger charge is 2.34. The van der Waals surface area contributed by atoms with E-state index in [0.29, 0.717) is 30.1 Å². The number of anilines is 1. The summed E-state index contributed by atoms with van der Waals surface area (Å²) in [7, 11) is -1.53. The number of carbonyl (C=O) groups is 2. The Kier molecular flexibility index (Phi) is 12.6. The summed E-state index contributed by atoms with van der Waals surface area (Å²) < 4.78 is 59.3. The third-order valence-electron chi connectivity index (χ3n) is 7.31. The normalized spacial score (nSPS) is 12.5. The van der Waals surface area contributed by atoms with Crippen LogP contribution in [0.2, 0.25) is 0 Å². The van der Waals surface area contributed by atoms with E-state index < -0.39 is 34.3 Å². The number of halogens is 1. The molecule has 0 radical (unpaired) electrons. The molecule has 1 N–H and O–H groups in total. The van der Waals surface area contributed by atoms with Crippen LogP contribution in [0, 0.1) is 5.82 Å². The van der Waals surface area contributed by atoms with Crippen LogP contribution >= 0.6 is 0 Å². The van der Waals surface area contributed by atoms with Gasteiger partial charge in [0.2, 0.25) is 11.8 Å². The number of sulfonamides is 1. The van der Waals surface area contributed by atoms with E-state index in [0.717, 1.165) is 4.31 Å². The van der Waals surface area contributed by atoms with E-state index in [1.807, 2.05) is 20.8 Å². The number of benzene rings is 3. The number of nitrogens with one attached hydrogen (secondary N) is 1. The Hall–Kier alpha value is -4.32. The maximum atomic E-state index is 14.2. The minimum atomic E-state index is -4.36. The Balaban J connectivity index is 2.11. The zero-order chi connectivity index (χ0) is 33.1. The number of methoxy groups -OCH3 is 2. The molecule has 244 valence electrons. The van der Waals surface area contributed by atoms with Crippen molar-refractivity contribution in [3.63, 3.8) is 0 Å². The van der Waals surface area contributed by atoms with Crippen molar-refractivity contribution < 1.29 is 36.6 Å². The van der Waals surface area contributed by atoms with Gasteiger partial charge < -0.3 is 24.4 Å². The molecule has 0 heterocycles. The molecule has 0 aliphatic rings. The number of nitrogens with zero attached hydrogens (tertiary/aromatic N) is 2. The molecule has 0 bridgehead atoms. The highest BCUT2D eigenvalue weighted by atomic mass is 32.2. The van der Waals surface area contributed by atoms with Crippen molar-refractivity contribution in [3.8, 4) is 17.2 Å². The van der Waals surface area contributed by atoms with E-state index in [1.165, 1.54) is 61.6 Å². The fourth-order valence-electron chi connectivity index (χ4n) is 4.66. The lowest BCUT2D eigenvalue weighted by molar-refractivity contribution is -0.140. The first kappa shape index (κ1) is 35.2. The fraction of sp³-hybridized carbons (Fsp3) is 0.394. The molecular weight excluding hydrogens is 601 g/mol. The molecule has 45 heavy (non-hydrogen) atoms. The SMILES string of the molecule is CCOc1ccc(N(CC(=O)N(Cc2ccc(F)cc2)[C@H](CC)C(=O)N[C@H](C)CC)S(=O)(=O)c2ccc(OC)c(OC)c2)cc1. The summed E-state index contributed by atoms with van der Waals surface area (Å²) in [6.07, 6.45) is 0.948. The largest absolute Gasteiger partial charge is 0.494 e. The predicted molar refractivity (Wildman–Crippen MR) is 171 cm³/mol. The Morgan fingerprint density at radius 3 is 2.09 bits per heavy atom. The molecule has 0 aromatic heterocycles. The molecule has 0 saturated carbocycles. The van der Waals surface area contributed by atoms with E-state index >= 15 is 0 Å². The van der Waals surface area contributed by atoms with Gasteiger partial charge in [0.05, 0.1) is 31.4 Å². The van der Waals surface area contributed by atoms with E-state index in [1.54, 1.807) is 31.2 Å². The van der Waals surface area contributed by atoms with Gasteiger partial charge in [-0.15, -0.1) is 0 Å². The third-order valence-corrected chi connectivity index (χ3v) is 9.08. The minimum Gasteiger partial charge on any atom is -0.494 e. The average Bonchev–Trinajstić information content (AvgIpc) is 3.04. The number of ether oxygens (including phenoxy) is 3. The quantitative estimate of drug-likeness (QED) is 0.229. The second kappa shape index (κ2) is 16.1. The molecule has 0 spiro atoms. The van der Waals surface area contributed by atoms with Crippen molar-refractivity contribution in [2.24, 2.45) is 0 Å². The first-order valence-electron chi connectivity index (χ1n) is 14.8. The van der Waals surface area contributed by atoms with Crippen LogP contribution in [0.15, 0.2) is 71.6 Å². The summed E-state index contributed by atoms with van der Waals surface area (Å²) in [5, 5.41) is 2.93. The van der Waals surface area contributed by atoms with Gasteiger partial charge in [-0.1, -0.05) is 26.0 Å². The van der Waals surface area contributed by atoms with Crippen LogP contribution in [-0.4, -0.2) is 64.6 Å². The summed E-state index contributed by atoms with van der Waals surface area (Å²) >= 11 is 0. The van der Waals surface area contributed by atoms with Gasteiger partial charge >= 0.3 is 0 Å². The van der Waals surface area contributed by atoms with E-state index in [4.69, 9.17) is 14.2 Å². The van der Waals surface area contributed by atoms with Gasteiger partial charge in [-0.05, 0) is 80.8 Å². The maximum absolute atomic E-state index is 14.2. The number of carbonyl (C=O) groups excluding carboxylic acids is 2. The Bertz CT molecular complexity index is 1530. The zero-order valence-electron chi connectivity index (χ0n) is 26.6. The van der Waals surface area contributed by atoms with Crippen LogP contribution in [0.3, 0.4) is 0 Å². The van der Waals surface area contributed by atoms with Gasteiger partial charge in [0.1, 0.15) is 24.2 Å². The molecule has 0 aliphatic carbocycles. The number of rotatable bonds is 16. The smallest absolute Gasteiger partial charge is 0.264 e. The van der Waals surface area contributed by atoms with Gasteiger partial charge in [-0.25, -0.2) is 12.8 Å². The van der Waals surface area contributed by atoms with Crippen molar-refractivity contribution in [1.82, 2.24) is 10.2 Å². The van der Waals surface area contributed by atoms with Crippen LogP contribution in [-0.2, 0) is 26.2 Å². The highest BCUT2D eigenvalue weighted by molar-refractivity contribution is 7.92. The summed E-state index contributed by atoms with van der Waals surface area (Å²) in [5.41, 5.74) is 0.787. The minimum absolute atomic E-state index is 0.0426. The van der Waals surface area contributed by atoms with E-state index in [-0.39, 0.29) is 41.2 Å². The first-order chi connectivity index (χ1) is 21.5. The number of hydrogen-bond donors (Lipinski definition) is 1. The number of hydrogen-bond acceptors (Lipinski definition) is 7. The van der Waals surface area contributed by atoms with E-state index in [9.17, 15) is 22.4 Å². The fourth-order valence-corrected chi connectivity index (χ4v) is 6.09. The lowest BCUT2D eigenvalue weighted by Gasteiger charge is -2.33. The molecule has 2 atom stereocenters. The standard InChI is InChI=1S/C33H42FN3O7S/c1-7-23(4)35-33(39)29(8-2)36(21-24-10-12-25(34)13-11-24)32(38)22-37(26-14-16-27(17-15-26)44-9-3)45(40,41)28-18-19-30(42-5)31(20-28)43-6/h10-20,23,29H,7-9,21-22H2,1-6H3,(H,35,39)/t23-,29-/m1/s1. The highest BCUT2D eigenvalue weighted by Crippen LogP contribution is 2.33. The van der Waals surface area contributed by atoms with Gasteiger partial charge in [-0.3, -0.25) is 13.9 Å². The maximum Gasteiger partial charge on any atom is 0.264 e. The summed E-state index contributed by atoms with van der Waals surface area (Å²) in [6.45, 7) is 7.15. The molecule has 0 aliphatic heterocycles. The molecular formula is C33H42FN3O7S. The predicted octanol–water partition coefficient (Wildman–Crippen LogP) is 5.16. The Morgan fingerprint density at radius 1 is 0.889 bits per heavy atom. The van der Waals surface area contributed by atoms with Crippen molar-refractivity contribution >= 4 is 27.5 Å². The van der Waals surface area contributed by atoms with E-state index in [2.05, 4.69) is 5.32 Å². The van der Waals surface area contributed by atoms with Crippen molar-refractivity contribution in [2.45, 2.75) is 64.1 Å². The molecule has 3 aromatic carbocycles. The Labute approximate surface area is 265 Å². The van der Waals surface area contributed by atoms with Crippen LogP contribution in [0.25, 0.3) is 0 Å². The third kappa shape index (κ3) is 8.87. The van der Waals surface area contributed by atoms with Gasteiger partial charge in [0.25, 0.3) is 10.0 Å². The molecule has 2 amide bonds. The van der Waals surface area contributed by atoms with Crippen LogP contribution < -0.4 is 23.8 Å². The van der Waals surface area contributed by atoms with Crippen LogP contribution in [0.5, 0.6) is 17.2 Å². The second-order valence-electron chi connectivity index (χ2n) is 10.3. The van der Waals surface area contributed by atoms with Crippen LogP contribution in [0.4, 0.5) is 10.1 Å². The van der Waals surface area contributed by atoms with Crippen molar-refractivity contribution in [1.29, 1.82) is 0 Å². The molecule has 10 nitrogen and oxygen atoms in total. The Morgan fingerprint density at radius 2 is 1.53 bits per heavy atom. The lowest BCUT2D eigenvalue weighted by Crippen LogP contribution is -2.53. The molecule has 0 saturated heterocycles. The van der Waals surface area contributed by atoms with Crippen molar-refractivity contribution in [3.05, 3.63) is 78.1 Å². The molecule has 3 aromatic rings. The van der Waals surface area contributed by atoms with Gasteiger partial charge in [0, 0.05) is 18.7 Å². The molecule has 0 unspecified atom stereocenters. The topological polar surface area (TPSA) is 114 Å². The first-order valence-corrected chi connectivity index (χ1v) is 16.2. The monoisotopic (exact) mass is 643 g/mol. The molecule has 0 fully saturated rings. The lowest BCUT2D eigenvalue weighted by atomic mass is 10.1. The summed E-state index contributed by atoms with van der Waals surface area (Å²) in [5.74, 6) is -0.366. The molecule has 12 heteroatoms. The summed E-state index contributed by atoms with van der Waals surface area (Å²) in [4.78, 5) is 28.8. The second-order valence-corrected chi connectivity index (χ2v) is 12.2. The average molecular weight is 644 g/mol. The van der Waals surface area contributed by atoms with Gasteiger partial charge in [0.15, 0.2) is 11.5 Å². The van der Waals surface area contributed by atoms with Crippen LogP contribution in [0.1, 0.15) is 46.1 Å². The van der Waals surface area contributed by atoms with Crippen molar-refractivity contribution in [2.75, 3.05) is 31.7 Å². The summed E-state index contributed by atoms with van der Waals surface area (Å²) in [6, 6.07) is 15.0. The number of amides is 2.